The number of hydrogen-bond acceptors (Lipinski definition) is 1. The smallest absolute Gasteiger partial charge is 0.0465 e. The highest BCUT2D eigenvalue weighted by atomic mass is 15.1. The van der Waals surface area contributed by atoms with Crippen molar-refractivity contribution in [1.82, 2.24) is 0 Å². The quantitative estimate of drug-likeness (QED) is 0.181. The Balaban J connectivity index is 1.09. The van der Waals surface area contributed by atoms with Crippen molar-refractivity contribution in [2.24, 2.45) is 23.7 Å². The molecule has 0 N–H and O–H groups in total. The molecule has 0 saturated heterocycles. The summed E-state index contributed by atoms with van der Waals surface area (Å²) in [5.41, 5.74) is 16.6. The van der Waals surface area contributed by atoms with E-state index in [1.165, 1.54) is 108 Å². The Kier molecular flexibility index (Phi) is 6.86. The van der Waals surface area contributed by atoms with Crippen molar-refractivity contribution in [1.29, 1.82) is 0 Å². The topological polar surface area (TPSA) is 3.24 Å². The van der Waals surface area contributed by atoms with Crippen LogP contribution in [0.2, 0.25) is 0 Å². The third-order valence-corrected chi connectivity index (χ3v) is 15.4. The van der Waals surface area contributed by atoms with Gasteiger partial charge in [0, 0.05) is 22.5 Å². The molecule has 0 aromatic heterocycles. The zero-order chi connectivity index (χ0) is 35.7. The Morgan fingerprint density at radius 1 is 0.566 bits per heavy atom. The fourth-order valence-electron chi connectivity index (χ4n) is 13.0. The van der Waals surface area contributed by atoms with E-state index in [9.17, 15) is 0 Å². The van der Waals surface area contributed by atoms with Crippen LogP contribution in [0.5, 0.6) is 0 Å². The van der Waals surface area contributed by atoms with E-state index in [4.69, 9.17) is 0 Å². The zero-order valence-electron chi connectivity index (χ0n) is 32.1. The van der Waals surface area contributed by atoms with Crippen LogP contribution < -0.4 is 4.90 Å². The molecule has 53 heavy (non-hydrogen) atoms. The number of benzene rings is 5. The number of anilines is 3. The Bertz CT molecular complexity index is 2330. The summed E-state index contributed by atoms with van der Waals surface area (Å²) in [6.07, 6.45) is 17.1. The van der Waals surface area contributed by atoms with Gasteiger partial charge < -0.3 is 4.90 Å². The van der Waals surface area contributed by atoms with Gasteiger partial charge in [0.25, 0.3) is 0 Å². The van der Waals surface area contributed by atoms with Gasteiger partial charge in [-0.25, -0.2) is 0 Å². The molecule has 4 saturated carbocycles. The molecule has 5 aromatic rings. The van der Waals surface area contributed by atoms with Crippen molar-refractivity contribution in [2.75, 3.05) is 4.90 Å². The van der Waals surface area contributed by atoms with Crippen LogP contribution in [-0.4, -0.2) is 0 Å². The average Bonchev–Trinajstić information content (AvgIpc) is 3.46. The Hall–Kier alpha value is -4.36. The van der Waals surface area contributed by atoms with Crippen molar-refractivity contribution in [3.63, 3.8) is 0 Å². The molecule has 266 valence electrons. The standard InChI is InChI=1S/C52H53N/c1-50(2)24-25-51(3,4)49-32-41(21-23-47(49)50)53(39-18-16-36(17-19-39)43-14-9-11-35-10-5-6-12-42(35)43)40-20-22-45-44-13-7-8-15-46(44)52(48(45)31-40)37-27-33-26-34(29-37)30-38(52)28-33/h5-6,8-12,14-23,31-34,37-38H,7,13,24-30H2,1-4H3. The largest absolute Gasteiger partial charge is 0.310 e. The summed E-state index contributed by atoms with van der Waals surface area (Å²) in [5, 5.41) is 2.60. The van der Waals surface area contributed by atoms with Gasteiger partial charge in [0.05, 0.1) is 0 Å². The third kappa shape index (κ3) is 4.61. The molecule has 4 fully saturated rings. The number of hydrogen-bond donors (Lipinski definition) is 0. The van der Waals surface area contributed by atoms with E-state index in [0.717, 1.165) is 23.7 Å². The predicted molar refractivity (Wildman–Crippen MR) is 223 cm³/mol. The van der Waals surface area contributed by atoms with Gasteiger partial charge in [-0.1, -0.05) is 107 Å². The second-order valence-electron chi connectivity index (χ2n) is 19.1. The van der Waals surface area contributed by atoms with Crippen LogP contribution in [-0.2, 0) is 16.2 Å². The first-order valence-corrected chi connectivity index (χ1v) is 20.8. The molecular formula is C52H53N. The summed E-state index contributed by atoms with van der Waals surface area (Å²) in [4.78, 5) is 2.60. The van der Waals surface area contributed by atoms with Gasteiger partial charge in [-0.05, 0) is 184 Å². The minimum absolute atomic E-state index is 0.141. The van der Waals surface area contributed by atoms with Crippen molar-refractivity contribution in [3.8, 4) is 11.1 Å². The second kappa shape index (κ2) is 11.3. The SMILES string of the molecule is CC1(C)CCC(C)(C)c2cc(N(c3ccc(-c4cccc5ccccc45)cc3)c3ccc4c(c3)C3(C5=C4CCC=C5)C4CC5CC(C4)CC3C5)ccc21. The van der Waals surface area contributed by atoms with Gasteiger partial charge in [0.15, 0.2) is 0 Å². The normalized spacial score (nSPS) is 28.3. The lowest BCUT2D eigenvalue weighted by Gasteiger charge is -2.61. The van der Waals surface area contributed by atoms with Crippen molar-refractivity contribution in [3.05, 3.63) is 143 Å². The van der Waals surface area contributed by atoms with Gasteiger partial charge >= 0.3 is 0 Å². The van der Waals surface area contributed by atoms with Crippen LogP contribution in [0, 0.1) is 23.7 Å². The highest BCUT2D eigenvalue weighted by molar-refractivity contribution is 5.97. The maximum Gasteiger partial charge on any atom is 0.0465 e. The Morgan fingerprint density at radius 2 is 1.21 bits per heavy atom. The van der Waals surface area contributed by atoms with Gasteiger partial charge in [0.2, 0.25) is 0 Å². The summed E-state index contributed by atoms with van der Waals surface area (Å²) in [6.45, 7) is 9.81. The number of allylic oxidation sites excluding steroid dienone is 4. The van der Waals surface area contributed by atoms with Crippen LogP contribution >= 0.6 is 0 Å². The van der Waals surface area contributed by atoms with E-state index in [1.54, 1.807) is 22.3 Å². The minimum Gasteiger partial charge on any atom is -0.310 e. The first-order chi connectivity index (χ1) is 25.7. The highest BCUT2D eigenvalue weighted by Gasteiger charge is 2.62. The van der Waals surface area contributed by atoms with Crippen LogP contribution in [0.25, 0.3) is 27.5 Å². The van der Waals surface area contributed by atoms with E-state index >= 15 is 0 Å². The first-order valence-electron chi connectivity index (χ1n) is 20.8. The summed E-state index contributed by atoms with van der Waals surface area (Å²) in [7, 11) is 0. The van der Waals surface area contributed by atoms with Crippen LogP contribution in [0.3, 0.4) is 0 Å². The first kappa shape index (κ1) is 32.1. The molecule has 1 heteroatoms. The molecule has 4 bridgehead atoms. The molecule has 0 unspecified atom stereocenters. The van der Waals surface area contributed by atoms with E-state index in [-0.39, 0.29) is 16.2 Å². The van der Waals surface area contributed by atoms with Crippen LogP contribution in [0.1, 0.15) is 108 Å². The maximum absolute atomic E-state index is 2.69. The third-order valence-electron chi connectivity index (χ3n) is 15.4. The molecular weight excluding hydrogens is 639 g/mol. The lowest BCUT2D eigenvalue weighted by Crippen LogP contribution is -2.55. The van der Waals surface area contributed by atoms with Crippen molar-refractivity contribution < 1.29 is 0 Å². The molecule has 7 aliphatic carbocycles. The summed E-state index contributed by atoms with van der Waals surface area (Å²) < 4.78 is 0. The molecule has 0 atom stereocenters. The van der Waals surface area contributed by atoms with E-state index in [1.807, 2.05) is 0 Å². The Morgan fingerprint density at radius 3 is 1.96 bits per heavy atom. The van der Waals surface area contributed by atoms with Crippen LogP contribution in [0.4, 0.5) is 17.1 Å². The summed E-state index contributed by atoms with van der Waals surface area (Å²) >= 11 is 0. The fourth-order valence-corrected chi connectivity index (χ4v) is 13.0. The fraction of sp³-hybridized carbons (Fsp3) is 0.385. The van der Waals surface area contributed by atoms with Crippen molar-refractivity contribution >= 4 is 33.4 Å². The molecule has 7 aliphatic rings. The van der Waals surface area contributed by atoms with E-state index in [0.29, 0.717) is 0 Å². The molecule has 0 aliphatic heterocycles. The van der Waals surface area contributed by atoms with Gasteiger partial charge in [-0.3, -0.25) is 0 Å². The monoisotopic (exact) mass is 691 g/mol. The molecule has 0 heterocycles. The van der Waals surface area contributed by atoms with E-state index in [2.05, 4.69) is 148 Å². The number of rotatable bonds is 4. The van der Waals surface area contributed by atoms with E-state index < -0.39 is 0 Å². The molecule has 5 aromatic carbocycles. The predicted octanol–water partition coefficient (Wildman–Crippen LogP) is 14.1. The van der Waals surface area contributed by atoms with Crippen LogP contribution in [0.15, 0.2) is 121 Å². The molecule has 1 nitrogen and oxygen atoms in total. The van der Waals surface area contributed by atoms with Gasteiger partial charge in [-0.2, -0.15) is 0 Å². The maximum atomic E-state index is 2.69. The number of nitrogens with zero attached hydrogens (tertiary/aromatic N) is 1. The highest BCUT2D eigenvalue weighted by Crippen LogP contribution is 2.70. The zero-order valence-corrected chi connectivity index (χ0v) is 32.1. The van der Waals surface area contributed by atoms with Gasteiger partial charge in [0.1, 0.15) is 0 Å². The minimum atomic E-state index is 0.141. The summed E-state index contributed by atoms with van der Waals surface area (Å²) in [5.74, 6) is 3.46. The van der Waals surface area contributed by atoms with Gasteiger partial charge in [-0.15, -0.1) is 0 Å². The average molecular weight is 692 g/mol. The molecule has 0 amide bonds. The Labute approximate surface area is 316 Å². The lowest BCUT2D eigenvalue weighted by molar-refractivity contribution is -0.0407. The summed E-state index contributed by atoms with van der Waals surface area (Å²) in [6, 6.07) is 40.1. The second-order valence-corrected chi connectivity index (χ2v) is 19.1. The molecule has 0 radical (unpaired) electrons. The molecule has 1 spiro atoms. The molecule has 12 rings (SSSR count). The lowest BCUT2D eigenvalue weighted by atomic mass is 9.42. The van der Waals surface area contributed by atoms with Crippen molar-refractivity contribution in [2.45, 2.75) is 102 Å². The number of fused-ring (bicyclic) bond motifs is 4.